The highest BCUT2D eigenvalue weighted by atomic mass is 16.2. The van der Waals surface area contributed by atoms with E-state index < -0.39 is 0 Å². The van der Waals surface area contributed by atoms with Gasteiger partial charge >= 0.3 is 0 Å². The number of carbonyl (C=O) groups excluding carboxylic acids is 1. The first-order chi connectivity index (χ1) is 9.29. The van der Waals surface area contributed by atoms with E-state index in [1.807, 2.05) is 4.90 Å². The molecule has 0 atom stereocenters. The standard InChI is InChI=1S/C15H29N3O/c1-2-17-12-7-14(8-13-17)16-9-6-15(19)18-10-4-3-5-11-18/h14,16H,2-13H2,1H3. The van der Waals surface area contributed by atoms with E-state index in [1.165, 1.54) is 51.7 Å². The fourth-order valence-electron chi connectivity index (χ4n) is 3.14. The highest BCUT2D eigenvalue weighted by molar-refractivity contribution is 5.76. The SMILES string of the molecule is CCN1CCC(NCCC(=O)N2CCCCC2)CC1. The van der Waals surface area contributed by atoms with E-state index in [4.69, 9.17) is 0 Å². The van der Waals surface area contributed by atoms with Crippen LogP contribution in [0.1, 0.15) is 45.4 Å². The minimum Gasteiger partial charge on any atom is -0.343 e. The lowest BCUT2D eigenvalue weighted by molar-refractivity contribution is -0.132. The summed E-state index contributed by atoms with van der Waals surface area (Å²) in [5.74, 6) is 0.346. The zero-order valence-electron chi connectivity index (χ0n) is 12.4. The first-order valence-corrected chi connectivity index (χ1v) is 8.03. The van der Waals surface area contributed by atoms with Gasteiger partial charge in [-0.05, 0) is 51.7 Å². The number of likely N-dealkylation sites (tertiary alicyclic amines) is 2. The Morgan fingerprint density at radius 3 is 2.42 bits per heavy atom. The summed E-state index contributed by atoms with van der Waals surface area (Å²) in [5.41, 5.74) is 0. The molecule has 0 aromatic heterocycles. The van der Waals surface area contributed by atoms with Gasteiger partial charge in [0.15, 0.2) is 0 Å². The fraction of sp³-hybridized carbons (Fsp3) is 0.933. The van der Waals surface area contributed by atoms with Crippen molar-refractivity contribution in [2.24, 2.45) is 0 Å². The molecule has 1 amide bonds. The molecule has 19 heavy (non-hydrogen) atoms. The summed E-state index contributed by atoms with van der Waals surface area (Å²) in [6.45, 7) is 8.61. The molecule has 0 radical (unpaired) electrons. The van der Waals surface area contributed by atoms with Gasteiger partial charge in [-0.15, -0.1) is 0 Å². The van der Waals surface area contributed by atoms with Gasteiger partial charge in [0, 0.05) is 32.1 Å². The smallest absolute Gasteiger partial charge is 0.223 e. The number of hydrogen-bond acceptors (Lipinski definition) is 3. The predicted molar refractivity (Wildman–Crippen MR) is 78.2 cm³/mol. The van der Waals surface area contributed by atoms with Crippen LogP contribution in [0.2, 0.25) is 0 Å². The van der Waals surface area contributed by atoms with Crippen molar-refractivity contribution in [3.63, 3.8) is 0 Å². The zero-order chi connectivity index (χ0) is 13.5. The van der Waals surface area contributed by atoms with Gasteiger partial charge in [0.1, 0.15) is 0 Å². The maximum absolute atomic E-state index is 12.0. The van der Waals surface area contributed by atoms with Crippen LogP contribution in [0.15, 0.2) is 0 Å². The van der Waals surface area contributed by atoms with Crippen LogP contribution < -0.4 is 5.32 Å². The van der Waals surface area contributed by atoms with Crippen LogP contribution in [-0.4, -0.2) is 61.0 Å². The molecule has 0 saturated carbocycles. The minimum atomic E-state index is 0.346. The second kappa shape index (κ2) is 7.85. The molecule has 4 nitrogen and oxygen atoms in total. The molecule has 0 spiro atoms. The van der Waals surface area contributed by atoms with Crippen molar-refractivity contribution >= 4 is 5.91 Å². The fourth-order valence-corrected chi connectivity index (χ4v) is 3.14. The molecule has 2 saturated heterocycles. The number of carbonyl (C=O) groups is 1. The number of amides is 1. The highest BCUT2D eigenvalue weighted by Crippen LogP contribution is 2.11. The quantitative estimate of drug-likeness (QED) is 0.819. The van der Waals surface area contributed by atoms with E-state index in [2.05, 4.69) is 17.1 Å². The second-order valence-corrected chi connectivity index (χ2v) is 5.85. The third kappa shape index (κ3) is 4.77. The average Bonchev–Trinajstić information content (AvgIpc) is 2.49. The molecule has 1 N–H and O–H groups in total. The Morgan fingerprint density at radius 2 is 1.79 bits per heavy atom. The van der Waals surface area contributed by atoms with Gasteiger partial charge in [-0.1, -0.05) is 6.92 Å². The van der Waals surface area contributed by atoms with E-state index in [-0.39, 0.29) is 0 Å². The zero-order valence-corrected chi connectivity index (χ0v) is 12.4. The maximum atomic E-state index is 12.0. The van der Waals surface area contributed by atoms with Crippen molar-refractivity contribution in [1.82, 2.24) is 15.1 Å². The normalized spacial score (nSPS) is 22.7. The molecule has 110 valence electrons. The molecule has 2 aliphatic heterocycles. The number of rotatable bonds is 5. The Morgan fingerprint density at radius 1 is 1.11 bits per heavy atom. The summed E-state index contributed by atoms with van der Waals surface area (Å²) < 4.78 is 0. The third-order valence-electron chi connectivity index (χ3n) is 4.52. The lowest BCUT2D eigenvalue weighted by atomic mass is 10.0. The summed E-state index contributed by atoms with van der Waals surface area (Å²) >= 11 is 0. The van der Waals surface area contributed by atoms with Crippen LogP contribution in [-0.2, 0) is 4.79 Å². The molecule has 2 heterocycles. The van der Waals surface area contributed by atoms with Gasteiger partial charge in [-0.25, -0.2) is 0 Å². The van der Waals surface area contributed by atoms with E-state index >= 15 is 0 Å². The Labute approximate surface area is 117 Å². The van der Waals surface area contributed by atoms with Gasteiger partial charge in [0.05, 0.1) is 0 Å². The monoisotopic (exact) mass is 267 g/mol. The van der Waals surface area contributed by atoms with Gasteiger partial charge in [-0.2, -0.15) is 0 Å². The summed E-state index contributed by atoms with van der Waals surface area (Å²) in [7, 11) is 0. The van der Waals surface area contributed by atoms with Crippen LogP contribution >= 0.6 is 0 Å². The number of nitrogens with one attached hydrogen (secondary N) is 1. The van der Waals surface area contributed by atoms with Crippen molar-refractivity contribution in [2.45, 2.75) is 51.5 Å². The summed E-state index contributed by atoms with van der Waals surface area (Å²) in [4.78, 5) is 16.6. The van der Waals surface area contributed by atoms with Crippen LogP contribution in [0.3, 0.4) is 0 Å². The van der Waals surface area contributed by atoms with Gasteiger partial charge in [0.2, 0.25) is 5.91 Å². The number of hydrogen-bond donors (Lipinski definition) is 1. The van der Waals surface area contributed by atoms with Crippen molar-refractivity contribution in [3.05, 3.63) is 0 Å². The number of nitrogens with zero attached hydrogens (tertiary/aromatic N) is 2. The molecule has 0 aromatic rings. The first kappa shape index (κ1) is 14.8. The summed E-state index contributed by atoms with van der Waals surface area (Å²) in [6.07, 6.45) is 6.80. The summed E-state index contributed by atoms with van der Waals surface area (Å²) in [6, 6.07) is 0.622. The molecule has 2 fully saturated rings. The molecule has 2 rings (SSSR count). The maximum Gasteiger partial charge on any atom is 0.223 e. The first-order valence-electron chi connectivity index (χ1n) is 8.03. The van der Waals surface area contributed by atoms with Crippen molar-refractivity contribution in [2.75, 3.05) is 39.3 Å². The second-order valence-electron chi connectivity index (χ2n) is 5.85. The minimum absolute atomic E-state index is 0.346. The van der Waals surface area contributed by atoms with Crippen LogP contribution in [0.25, 0.3) is 0 Å². The third-order valence-corrected chi connectivity index (χ3v) is 4.52. The van der Waals surface area contributed by atoms with E-state index in [0.717, 1.165) is 19.6 Å². The molecule has 2 aliphatic rings. The summed E-state index contributed by atoms with van der Waals surface area (Å²) in [5, 5.41) is 3.56. The lowest BCUT2D eigenvalue weighted by Gasteiger charge is -2.32. The highest BCUT2D eigenvalue weighted by Gasteiger charge is 2.19. The van der Waals surface area contributed by atoms with Crippen molar-refractivity contribution < 1.29 is 4.79 Å². The molecule has 4 heteroatoms. The van der Waals surface area contributed by atoms with E-state index in [0.29, 0.717) is 18.4 Å². The largest absolute Gasteiger partial charge is 0.343 e. The van der Waals surface area contributed by atoms with E-state index in [9.17, 15) is 4.79 Å². The molecular formula is C15H29N3O. The molecular weight excluding hydrogens is 238 g/mol. The van der Waals surface area contributed by atoms with Crippen LogP contribution in [0, 0.1) is 0 Å². The topological polar surface area (TPSA) is 35.6 Å². The molecule has 0 aromatic carbocycles. The molecule has 0 bridgehead atoms. The Bertz CT molecular complexity index is 269. The van der Waals surface area contributed by atoms with Crippen LogP contribution in [0.4, 0.5) is 0 Å². The Kier molecular flexibility index (Phi) is 6.11. The predicted octanol–water partition coefficient (Wildman–Crippen LogP) is 1.46. The van der Waals surface area contributed by atoms with Gasteiger partial charge in [-0.3, -0.25) is 4.79 Å². The van der Waals surface area contributed by atoms with Crippen molar-refractivity contribution in [3.8, 4) is 0 Å². The van der Waals surface area contributed by atoms with E-state index in [1.54, 1.807) is 0 Å². The van der Waals surface area contributed by atoms with Gasteiger partial charge in [0.25, 0.3) is 0 Å². The molecule has 0 unspecified atom stereocenters. The lowest BCUT2D eigenvalue weighted by Crippen LogP contribution is -2.43. The van der Waals surface area contributed by atoms with Crippen LogP contribution in [0.5, 0.6) is 0 Å². The Hall–Kier alpha value is -0.610. The van der Waals surface area contributed by atoms with Gasteiger partial charge < -0.3 is 15.1 Å². The average molecular weight is 267 g/mol. The number of piperidine rings is 2. The Balaban J connectivity index is 1.57. The molecule has 0 aliphatic carbocycles. The van der Waals surface area contributed by atoms with Crippen molar-refractivity contribution in [1.29, 1.82) is 0 Å².